The molecule has 10 heteroatoms. The number of hydrogen-bond donors (Lipinski definition) is 1. The van der Waals surface area contributed by atoms with Crippen LogP contribution in [-0.2, 0) is 19.6 Å². The number of nitrogens with one attached hydrogen (secondary N) is 1. The Hall–Kier alpha value is -1.65. The second-order valence-electron chi connectivity index (χ2n) is 5.96. The monoisotopic (exact) mass is 488 g/mol. The Kier molecular flexibility index (Phi) is 6.95. The summed E-state index contributed by atoms with van der Waals surface area (Å²) in [5.74, 6) is 0.0611. The number of carbonyl (C=O) groups is 1. The van der Waals surface area contributed by atoms with E-state index >= 15 is 0 Å². The van der Waals surface area contributed by atoms with E-state index in [2.05, 4.69) is 21.2 Å². The summed E-state index contributed by atoms with van der Waals surface area (Å²) in [5.41, 5.74) is 0.373. The van der Waals surface area contributed by atoms with Crippen molar-refractivity contribution in [1.29, 1.82) is 0 Å². The molecule has 28 heavy (non-hydrogen) atoms. The first kappa shape index (κ1) is 21.1. The molecule has 1 aliphatic heterocycles. The van der Waals surface area contributed by atoms with Gasteiger partial charge in [0.2, 0.25) is 10.0 Å². The van der Waals surface area contributed by atoms with E-state index in [0.29, 0.717) is 47.2 Å². The van der Waals surface area contributed by atoms with Gasteiger partial charge in [-0.05, 0) is 52.3 Å². The second kappa shape index (κ2) is 9.23. The molecule has 0 spiro atoms. The van der Waals surface area contributed by atoms with Crippen molar-refractivity contribution in [2.75, 3.05) is 38.2 Å². The average Bonchev–Trinajstić information content (AvgIpc) is 2.68. The summed E-state index contributed by atoms with van der Waals surface area (Å²) in [5, 5.41) is 3.19. The molecule has 0 unspecified atom stereocenters. The Balaban J connectivity index is 1.64. The number of amides is 1. The van der Waals surface area contributed by atoms with E-state index < -0.39 is 15.9 Å². The first-order valence-electron chi connectivity index (χ1n) is 8.42. The minimum atomic E-state index is -3.63. The first-order chi connectivity index (χ1) is 13.4. The summed E-state index contributed by atoms with van der Waals surface area (Å²) >= 11 is 9.18. The van der Waals surface area contributed by atoms with E-state index in [1.54, 1.807) is 30.3 Å². The number of carbonyl (C=O) groups excluding carboxylic acids is 1. The number of morpholine rings is 1. The summed E-state index contributed by atoms with van der Waals surface area (Å²) in [4.78, 5) is 12.3. The number of anilines is 1. The Labute approximate surface area is 176 Å². The van der Waals surface area contributed by atoms with Gasteiger partial charge >= 0.3 is 0 Å². The number of benzene rings is 2. The fourth-order valence-corrected chi connectivity index (χ4v) is 4.85. The van der Waals surface area contributed by atoms with Gasteiger partial charge in [-0.3, -0.25) is 4.79 Å². The highest BCUT2D eigenvalue weighted by Gasteiger charge is 2.26. The van der Waals surface area contributed by atoms with Crippen molar-refractivity contribution < 1.29 is 22.7 Å². The average molecular weight is 490 g/mol. The van der Waals surface area contributed by atoms with Gasteiger partial charge < -0.3 is 14.8 Å². The van der Waals surface area contributed by atoms with E-state index in [4.69, 9.17) is 21.1 Å². The Morgan fingerprint density at radius 3 is 2.68 bits per heavy atom. The molecule has 0 atom stereocenters. The quantitative estimate of drug-likeness (QED) is 0.674. The van der Waals surface area contributed by atoms with Gasteiger partial charge in [0.15, 0.2) is 6.61 Å². The molecule has 150 valence electrons. The molecule has 1 saturated heterocycles. The topological polar surface area (TPSA) is 84.9 Å². The minimum Gasteiger partial charge on any atom is -0.483 e. The van der Waals surface area contributed by atoms with Crippen molar-refractivity contribution in [2.45, 2.75) is 4.90 Å². The molecule has 0 aliphatic carbocycles. The zero-order chi connectivity index (χ0) is 20.1. The first-order valence-corrected chi connectivity index (χ1v) is 11.0. The van der Waals surface area contributed by atoms with Crippen LogP contribution in [0.5, 0.6) is 5.75 Å². The largest absolute Gasteiger partial charge is 0.483 e. The third kappa shape index (κ3) is 5.24. The molecule has 1 aliphatic rings. The lowest BCUT2D eigenvalue weighted by Gasteiger charge is -2.26. The third-order valence-electron chi connectivity index (χ3n) is 3.98. The highest BCUT2D eigenvalue weighted by molar-refractivity contribution is 9.10. The van der Waals surface area contributed by atoms with Crippen LogP contribution in [0.15, 0.2) is 51.8 Å². The van der Waals surface area contributed by atoms with Crippen molar-refractivity contribution in [3.8, 4) is 5.75 Å². The van der Waals surface area contributed by atoms with Gasteiger partial charge in [-0.2, -0.15) is 4.31 Å². The number of sulfonamides is 1. The molecular weight excluding hydrogens is 472 g/mol. The molecule has 0 radical (unpaired) electrons. The number of rotatable bonds is 6. The lowest BCUT2D eigenvalue weighted by Crippen LogP contribution is -2.40. The van der Waals surface area contributed by atoms with Gasteiger partial charge in [0.05, 0.1) is 22.6 Å². The van der Waals surface area contributed by atoms with Crippen LogP contribution in [0, 0.1) is 0 Å². The van der Waals surface area contributed by atoms with Crippen LogP contribution in [0.4, 0.5) is 5.69 Å². The molecule has 7 nitrogen and oxygen atoms in total. The highest BCUT2D eigenvalue weighted by Crippen LogP contribution is 2.28. The van der Waals surface area contributed by atoms with Gasteiger partial charge in [-0.15, -0.1) is 0 Å². The summed E-state index contributed by atoms with van der Waals surface area (Å²) < 4.78 is 38.1. The molecule has 1 fully saturated rings. The van der Waals surface area contributed by atoms with E-state index in [1.165, 1.54) is 16.4 Å². The van der Waals surface area contributed by atoms with Gasteiger partial charge in [0, 0.05) is 23.8 Å². The summed E-state index contributed by atoms with van der Waals surface area (Å²) in [7, 11) is -3.63. The van der Waals surface area contributed by atoms with Crippen molar-refractivity contribution in [3.63, 3.8) is 0 Å². The van der Waals surface area contributed by atoms with Crippen LogP contribution in [-0.4, -0.2) is 51.5 Å². The van der Waals surface area contributed by atoms with E-state index in [1.807, 2.05) is 0 Å². The van der Waals surface area contributed by atoms with Crippen molar-refractivity contribution in [2.24, 2.45) is 0 Å². The SMILES string of the molecule is O=C(COc1ccc(Cl)cc1Br)Nc1cccc(S(=O)(=O)N2CCOCC2)c1. The van der Waals surface area contributed by atoms with E-state index in [-0.39, 0.29) is 11.5 Å². The van der Waals surface area contributed by atoms with Crippen LogP contribution in [0.1, 0.15) is 0 Å². The lowest BCUT2D eigenvalue weighted by molar-refractivity contribution is -0.118. The molecule has 3 rings (SSSR count). The normalized spacial score (nSPS) is 15.2. The molecule has 1 N–H and O–H groups in total. The molecule has 0 aromatic heterocycles. The predicted octanol–water partition coefficient (Wildman–Crippen LogP) is 3.14. The minimum absolute atomic E-state index is 0.119. The number of halogens is 2. The van der Waals surface area contributed by atoms with Crippen LogP contribution in [0.2, 0.25) is 5.02 Å². The Morgan fingerprint density at radius 1 is 1.21 bits per heavy atom. The number of ether oxygens (including phenoxy) is 2. The molecule has 1 amide bonds. The van der Waals surface area contributed by atoms with Crippen molar-refractivity contribution in [1.82, 2.24) is 4.31 Å². The van der Waals surface area contributed by atoms with Crippen LogP contribution < -0.4 is 10.1 Å². The van der Waals surface area contributed by atoms with Gasteiger partial charge in [0.25, 0.3) is 5.91 Å². The van der Waals surface area contributed by atoms with E-state index in [0.717, 1.165) is 0 Å². The maximum atomic E-state index is 12.7. The summed E-state index contributed by atoms with van der Waals surface area (Å²) in [6.07, 6.45) is 0. The number of nitrogens with zero attached hydrogens (tertiary/aromatic N) is 1. The highest BCUT2D eigenvalue weighted by atomic mass is 79.9. The smallest absolute Gasteiger partial charge is 0.262 e. The summed E-state index contributed by atoms with van der Waals surface area (Å²) in [6.45, 7) is 1.12. The van der Waals surface area contributed by atoms with Crippen LogP contribution >= 0.6 is 27.5 Å². The molecule has 0 bridgehead atoms. The van der Waals surface area contributed by atoms with Gasteiger partial charge in [-0.25, -0.2) is 8.42 Å². The maximum absolute atomic E-state index is 12.7. The standard InChI is InChI=1S/C18H18BrClN2O5S/c19-16-10-13(20)4-5-17(16)27-12-18(23)21-14-2-1-3-15(11-14)28(24,25)22-6-8-26-9-7-22/h1-5,10-11H,6-9,12H2,(H,21,23). The zero-order valence-electron chi connectivity index (χ0n) is 14.7. The Bertz CT molecular complexity index is 964. The maximum Gasteiger partial charge on any atom is 0.262 e. The molecule has 0 saturated carbocycles. The summed E-state index contributed by atoms with van der Waals surface area (Å²) in [6, 6.07) is 11.1. The van der Waals surface area contributed by atoms with Gasteiger partial charge in [-0.1, -0.05) is 17.7 Å². The number of hydrogen-bond acceptors (Lipinski definition) is 5. The van der Waals surface area contributed by atoms with Crippen LogP contribution in [0.25, 0.3) is 0 Å². The lowest BCUT2D eigenvalue weighted by atomic mass is 10.3. The second-order valence-corrected chi connectivity index (χ2v) is 9.18. The zero-order valence-corrected chi connectivity index (χ0v) is 17.9. The fraction of sp³-hybridized carbons (Fsp3) is 0.278. The third-order valence-corrected chi connectivity index (χ3v) is 6.73. The van der Waals surface area contributed by atoms with Crippen molar-refractivity contribution in [3.05, 3.63) is 52.0 Å². The molecule has 2 aromatic carbocycles. The molecular formula is C18H18BrClN2O5S. The molecule has 2 aromatic rings. The predicted molar refractivity (Wildman–Crippen MR) is 109 cm³/mol. The van der Waals surface area contributed by atoms with E-state index in [9.17, 15) is 13.2 Å². The fourth-order valence-electron chi connectivity index (χ4n) is 2.60. The van der Waals surface area contributed by atoms with Crippen molar-refractivity contribution >= 4 is 49.1 Å². The molecule has 1 heterocycles. The van der Waals surface area contributed by atoms with Gasteiger partial charge in [0.1, 0.15) is 5.75 Å². The Morgan fingerprint density at radius 2 is 1.96 bits per heavy atom. The van der Waals surface area contributed by atoms with Crippen LogP contribution in [0.3, 0.4) is 0 Å².